The summed E-state index contributed by atoms with van der Waals surface area (Å²) in [4.78, 5) is 0. The van der Waals surface area contributed by atoms with E-state index in [1.807, 2.05) is 32.9 Å². The van der Waals surface area contributed by atoms with Crippen LogP contribution in [0.15, 0.2) is 52.1 Å². The number of aryl methyl sites for hydroxylation is 3. The highest BCUT2D eigenvalue weighted by molar-refractivity contribution is 7.99. The van der Waals surface area contributed by atoms with Crippen LogP contribution < -0.4 is 0 Å². The number of nitrogens with zero attached hydrogens (tertiary/aromatic N) is 3. The van der Waals surface area contributed by atoms with Gasteiger partial charge in [-0.25, -0.2) is 0 Å². The molecule has 3 aromatic rings. The van der Waals surface area contributed by atoms with Crippen molar-refractivity contribution < 1.29 is 4.42 Å². The molecule has 5 heteroatoms. The Balaban J connectivity index is 1.73. The van der Waals surface area contributed by atoms with Gasteiger partial charge in [0.25, 0.3) is 5.22 Å². The van der Waals surface area contributed by atoms with Crippen LogP contribution in [0.25, 0.3) is 11.5 Å². The number of hydrogen-bond donors (Lipinski definition) is 0. The molecule has 0 aliphatic heterocycles. The summed E-state index contributed by atoms with van der Waals surface area (Å²) in [6.07, 6.45) is 0.642. The zero-order chi connectivity index (χ0) is 17.8. The minimum absolute atomic E-state index is 0.268. The molecule has 0 fully saturated rings. The third-order valence-corrected chi connectivity index (χ3v) is 4.73. The quantitative estimate of drug-likeness (QED) is 0.614. The molecular formula is C20H19N3OS. The molecule has 0 saturated carbocycles. The van der Waals surface area contributed by atoms with Crippen LogP contribution in [0.4, 0.5) is 0 Å². The van der Waals surface area contributed by atoms with E-state index < -0.39 is 0 Å². The van der Waals surface area contributed by atoms with Crippen molar-refractivity contribution in [2.45, 2.75) is 37.7 Å². The highest BCUT2D eigenvalue weighted by atomic mass is 32.2. The fraction of sp³-hybridized carbons (Fsp3) is 0.250. The Hall–Kier alpha value is -2.58. The topological polar surface area (TPSA) is 62.7 Å². The normalized spacial score (nSPS) is 11.9. The molecule has 2 aromatic carbocycles. The van der Waals surface area contributed by atoms with Crippen molar-refractivity contribution in [2.24, 2.45) is 0 Å². The summed E-state index contributed by atoms with van der Waals surface area (Å²) in [5.74, 6) is 0.487. The fourth-order valence-electron chi connectivity index (χ4n) is 2.65. The molecule has 126 valence electrons. The zero-order valence-electron chi connectivity index (χ0n) is 14.5. The molecule has 1 aromatic heterocycles. The Morgan fingerprint density at radius 1 is 1.00 bits per heavy atom. The first-order valence-electron chi connectivity index (χ1n) is 8.07. The van der Waals surface area contributed by atoms with Crippen LogP contribution in [0.1, 0.15) is 22.3 Å². The number of nitriles is 1. The van der Waals surface area contributed by atoms with Gasteiger partial charge in [-0.1, -0.05) is 47.0 Å². The molecular weight excluding hydrogens is 330 g/mol. The number of rotatable bonds is 5. The average molecular weight is 349 g/mol. The third kappa shape index (κ3) is 4.49. The van der Waals surface area contributed by atoms with E-state index in [-0.39, 0.29) is 5.25 Å². The first-order valence-corrected chi connectivity index (χ1v) is 8.95. The van der Waals surface area contributed by atoms with Gasteiger partial charge in [0.1, 0.15) is 5.25 Å². The van der Waals surface area contributed by atoms with Crippen molar-refractivity contribution in [1.82, 2.24) is 10.2 Å². The number of aromatic nitrogens is 2. The Labute approximate surface area is 151 Å². The van der Waals surface area contributed by atoms with Gasteiger partial charge in [0.05, 0.1) is 6.07 Å². The van der Waals surface area contributed by atoms with Gasteiger partial charge < -0.3 is 4.42 Å². The van der Waals surface area contributed by atoms with Crippen LogP contribution in [-0.4, -0.2) is 15.4 Å². The summed E-state index contributed by atoms with van der Waals surface area (Å²) in [6, 6.07) is 16.7. The van der Waals surface area contributed by atoms with E-state index >= 15 is 0 Å². The van der Waals surface area contributed by atoms with Crippen LogP contribution in [0.5, 0.6) is 0 Å². The molecule has 0 bridgehead atoms. The first-order chi connectivity index (χ1) is 12.0. The van der Waals surface area contributed by atoms with E-state index in [0.717, 1.165) is 22.3 Å². The molecule has 0 amide bonds. The van der Waals surface area contributed by atoms with Crippen molar-refractivity contribution in [2.75, 3.05) is 0 Å². The third-order valence-electron chi connectivity index (χ3n) is 3.80. The SMILES string of the molecule is Cc1ccc(CC(C#N)Sc2nnc(-c3cc(C)cc(C)c3)o2)cc1. The van der Waals surface area contributed by atoms with Crippen molar-refractivity contribution in [3.63, 3.8) is 0 Å². The van der Waals surface area contributed by atoms with Gasteiger partial charge in [-0.3, -0.25) is 0 Å². The summed E-state index contributed by atoms with van der Waals surface area (Å²) in [5.41, 5.74) is 5.54. The van der Waals surface area contributed by atoms with E-state index in [4.69, 9.17) is 4.42 Å². The van der Waals surface area contributed by atoms with Gasteiger partial charge in [0, 0.05) is 5.56 Å². The Bertz CT molecular complexity index is 889. The molecule has 3 rings (SSSR count). The molecule has 0 saturated heterocycles. The number of hydrogen-bond acceptors (Lipinski definition) is 5. The molecule has 1 atom stereocenters. The molecule has 0 N–H and O–H groups in total. The molecule has 25 heavy (non-hydrogen) atoms. The van der Waals surface area contributed by atoms with Crippen molar-refractivity contribution in [3.8, 4) is 17.5 Å². The maximum atomic E-state index is 9.44. The van der Waals surface area contributed by atoms with Crippen LogP contribution in [0.3, 0.4) is 0 Å². The van der Waals surface area contributed by atoms with Crippen LogP contribution in [-0.2, 0) is 6.42 Å². The molecule has 4 nitrogen and oxygen atoms in total. The van der Waals surface area contributed by atoms with Crippen LogP contribution in [0.2, 0.25) is 0 Å². The summed E-state index contributed by atoms with van der Waals surface area (Å²) in [7, 11) is 0. The lowest BCUT2D eigenvalue weighted by molar-refractivity contribution is 0.465. The van der Waals surface area contributed by atoms with Gasteiger partial charge in [-0.2, -0.15) is 5.26 Å². The Kier molecular flexibility index (Phi) is 5.20. The van der Waals surface area contributed by atoms with E-state index in [2.05, 4.69) is 46.6 Å². The Morgan fingerprint density at radius 3 is 2.32 bits per heavy atom. The lowest BCUT2D eigenvalue weighted by Gasteiger charge is -2.06. The molecule has 1 heterocycles. The van der Waals surface area contributed by atoms with E-state index in [1.165, 1.54) is 17.3 Å². The second-order valence-corrected chi connectivity index (χ2v) is 7.33. The maximum absolute atomic E-state index is 9.44. The molecule has 1 unspecified atom stereocenters. The highest BCUT2D eigenvalue weighted by Gasteiger charge is 2.16. The monoisotopic (exact) mass is 349 g/mol. The van der Waals surface area contributed by atoms with Gasteiger partial charge in [0.2, 0.25) is 5.89 Å². The summed E-state index contributed by atoms with van der Waals surface area (Å²) in [5, 5.41) is 17.8. The average Bonchev–Trinajstić information content (AvgIpc) is 3.04. The molecule has 0 spiro atoms. The summed E-state index contributed by atoms with van der Waals surface area (Å²) < 4.78 is 5.76. The molecule has 0 aliphatic rings. The van der Waals surface area contributed by atoms with Crippen LogP contribution >= 0.6 is 11.8 Å². The minimum Gasteiger partial charge on any atom is -0.411 e. The highest BCUT2D eigenvalue weighted by Crippen LogP contribution is 2.28. The number of benzene rings is 2. The standard InChI is InChI=1S/C20H19N3OS/c1-13-4-6-16(7-5-13)11-18(12-21)25-20-23-22-19(24-20)17-9-14(2)8-15(3)10-17/h4-10,18H,11H2,1-3H3. The maximum Gasteiger partial charge on any atom is 0.278 e. The van der Waals surface area contributed by atoms with Crippen molar-refractivity contribution >= 4 is 11.8 Å². The summed E-state index contributed by atoms with van der Waals surface area (Å²) >= 11 is 1.31. The summed E-state index contributed by atoms with van der Waals surface area (Å²) in [6.45, 7) is 6.12. The Morgan fingerprint density at radius 2 is 1.68 bits per heavy atom. The fourth-order valence-corrected chi connectivity index (χ4v) is 3.43. The van der Waals surface area contributed by atoms with Crippen molar-refractivity contribution in [1.29, 1.82) is 5.26 Å². The zero-order valence-corrected chi connectivity index (χ0v) is 15.3. The minimum atomic E-state index is -0.268. The van der Waals surface area contributed by atoms with E-state index in [0.29, 0.717) is 17.5 Å². The lowest BCUT2D eigenvalue weighted by atomic mass is 10.1. The van der Waals surface area contributed by atoms with Gasteiger partial charge >= 0.3 is 0 Å². The van der Waals surface area contributed by atoms with Gasteiger partial charge in [0.15, 0.2) is 0 Å². The molecule has 0 aliphatic carbocycles. The predicted octanol–water partition coefficient (Wildman–Crippen LogP) is 4.89. The van der Waals surface area contributed by atoms with E-state index in [1.54, 1.807) is 0 Å². The number of thioether (sulfide) groups is 1. The predicted molar refractivity (Wildman–Crippen MR) is 99.3 cm³/mol. The largest absolute Gasteiger partial charge is 0.411 e. The van der Waals surface area contributed by atoms with Crippen LogP contribution in [0, 0.1) is 32.1 Å². The second-order valence-electron chi connectivity index (χ2n) is 6.17. The molecule has 0 radical (unpaired) electrons. The van der Waals surface area contributed by atoms with Gasteiger partial charge in [-0.05, 0) is 56.7 Å². The van der Waals surface area contributed by atoms with E-state index in [9.17, 15) is 5.26 Å². The van der Waals surface area contributed by atoms with Crippen molar-refractivity contribution in [3.05, 3.63) is 64.7 Å². The second kappa shape index (κ2) is 7.54. The van der Waals surface area contributed by atoms with Gasteiger partial charge in [-0.15, -0.1) is 10.2 Å². The first kappa shape index (κ1) is 17.2. The lowest BCUT2D eigenvalue weighted by Crippen LogP contribution is -2.03. The smallest absolute Gasteiger partial charge is 0.278 e.